The standard InChI is InChI=1S/C17H24N4/c1-2-10-20(15-8-9-15)17(11-18)14-12-19-21(13-14)16-6-4-3-5-7-16/h3-7,12-13,15,17H,2,8-11,18H2,1H3. The zero-order valence-electron chi connectivity index (χ0n) is 12.7. The minimum atomic E-state index is 0.287. The first kappa shape index (κ1) is 14.3. The molecule has 1 aliphatic carbocycles. The quantitative estimate of drug-likeness (QED) is 0.850. The van der Waals surface area contributed by atoms with E-state index in [0.717, 1.165) is 18.3 Å². The van der Waals surface area contributed by atoms with E-state index in [2.05, 4.69) is 35.3 Å². The summed E-state index contributed by atoms with van der Waals surface area (Å²) in [6.07, 6.45) is 7.87. The normalized spacial score (nSPS) is 16.3. The SMILES string of the molecule is CCCN(C1CC1)C(CN)c1cnn(-c2ccccc2)c1. The summed E-state index contributed by atoms with van der Waals surface area (Å²) >= 11 is 0. The van der Waals surface area contributed by atoms with Crippen LogP contribution in [0.15, 0.2) is 42.7 Å². The Kier molecular flexibility index (Phi) is 4.36. The number of hydrogen-bond acceptors (Lipinski definition) is 3. The molecule has 0 saturated heterocycles. The van der Waals surface area contributed by atoms with E-state index in [0.29, 0.717) is 6.54 Å². The van der Waals surface area contributed by atoms with Crippen LogP contribution in [0.2, 0.25) is 0 Å². The number of aromatic nitrogens is 2. The predicted octanol–water partition coefficient (Wildman–Crippen LogP) is 2.75. The summed E-state index contributed by atoms with van der Waals surface area (Å²) in [6.45, 7) is 4.00. The molecule has 1 aliphatic rings. The first-order chi connectivity index (χ1) is 10.3. The lowest BCUT2D eigenvalue weighted by atomic mass is 10.1. The highest BCUT2D eigenvalue weighted by molar-refractivity contribution is 5.31. The smallest absolute Gasteiger partial charge is 0.0645 e. The zero-order valence-corrected chi connectivity index (χ0v) is 12.7. The Morgan fingerprint density at radius 2 is 2.10 bits per heavy atom. The third-order valence-corrected chi connectivity index (χ3v) is 4.13. The van der Waals surface area contributed by atoms with Crippen LogP contribution in [0.3, 0.4) is 0 Å². The number of nitrogens with zero attached hydrogens (tertiary/aromatic N) is 3. The lowest BCUT2D eigenvalue weighted by Gasteiger charge is -2.30. The number of hydrogen-bond donors (Lipinski definition) is 1. The van der Waals surface area contributed by atoms with Crippen LogP contribution in [0.5, 0.6) is 0 Å². The predicted molar refractivity (Wildman–Crippen MR) is 85.4 cm³/mol. The Morgan fingerprint density at radius 1 is 1.33 bits per heavy atom. The summed E-state index contributed by atoms with van der Waals surface area (Å²) in [5, 5.41) is 4.51. The second-order valence-electron chi connectivity index (χ2n) is 5.77. The van der Waals surface area contributed by atoms with Gasteiger partial charge in [0.25, 0.3) is 0 Å². The number of para-hydroxylation sites is 1. The average Bonchev–Trinajstić information content (AvgIpc) is 3.26. The third-order valence-electron chi connectivity index (χ3n) is 4.13. The molecule has 2 aromatic rings. The summed E-state index contributed by atoms with van der Waals surface area (Å²) < 4.78 is 1.94. The van der Waals surface area contributed by atoms with Gasteiger partial charge < -0.3 is 5.73 Å². The molecule has 3 rings (SSSR count). The van der Waals surface area contributed by atoms with Crippen molar-refractivity contribution in [2.45, 2.75) is 38.3 Å². The van der Waals surface area contributed by atoms with Crippen molar-refractivity contribution in [2.75, 3.05) is 13.1 Å². The van der Waals surface area contributed by atoms with Crippen LogP contribution in [0.4, 0.5) is 0 Å². The van der Waals surface area contributed by atoms with Gasteiger partial charge in [-0.2, -0.15) is 5.10 Å². The zero-order chi connectivity index (χ0) is 14.7. The Balaban J connectivity index is 1.82. The summed E-state index contributed by atoms with van der Waals surface area (Å²) in [5.41, 5.74) is 8.39. The molecule has 2 N–H and O–H groups in total. The minimum Gasteiger partial charge on any atom is -0.329 e. The molecule has 0 bridgehead atoms. The van der Waals surface area contributed by atoms with Crippen molar-refractivity contribution < 1.29 is 0 Å². The van der Waals surface area contributed by atoms with Gasteiger partial charge in [-0.3, -0.25) is 4.90 Å². The molecular formula is C17H24N4. The van der Waals surface area contributed by atoms with Crippen LogP contribution in [0.25, 0.3) is 5.69 Å². The van der Waals surface area contributed by atoms with Crippen molar-refractivity contribution in [1.29, 1.82) is 0 Å². The van der Waals surface area contributed by atoms with Gasteiger partial charge in [-0.1, -0.05) is 25.1 Å². The maximum absolute atomic E-state index is 6.07. The molecule has 112 valence electrons. The van der Waals surface area contributed by atoms with E-state index in [-0.39, 0.29) is 6.04 Å². The van der Waals surface area contributed by atoms with Crippen LogP contribution in [0.1, 0.15) is 37.8 Å². The fraction of sp³-hybridized carbons (Fsp3) is 0.471. The molecule has 4 nitrogen and oxygen atoms in total. The molecule has 0 spiro atoms. The van der Waals surface area contributed by atoms with Gasteiger partial charge in [0.2, 0.25) is 0 Å². The van der Waals surface area contributed by atoms with Gasteiger partial charge in [0, 0.05) is 24.3 Å². The summed E-state index contributed by atoms with van der Waals surface area (Å²) in [4.78, 5) is 2.56. The molecule has 1 aromatic carbocycles. The monoisotopic (exact) mass is 284 g/mol. The highest BCUT2D eigenvalue weighted by Gasteiger charge is 2.33. The second kappa shape index (κ2) is 6.41. The Bertz CT molecular complexity index is 559. The van der Waals surface area contributed by atoms with E-state index in [9.17, 15) is 0 Å². The van der Waals surface area contributed by atoms with Crippen molar-refractivity contribution >= 4 is 0 Å². The van der Waals surface area contributed by atoms with Gasteiger partial charge in [0.05, 0.1) is 17.9 Å². The highest BCUT2D eigenvalue weighted by atomic mass is 15.3. The molecule has 4 heteroatoms. The van der Waals surface area contributed by atoms with Gasteiger partial charge in [-0.15, -0.1) is 0 Å². The molecule has 1 atom stereocenters. The first-order valence-electron chi connectivity index (χ1n) is 7.89. The molecule has 1 heterocycles. The molecule has 1 saturated carbocycles. The molecule has 0 radical (unpaired) electrons. The summed E-state index contributed by atoms with van der Waals surface area (Å²) in [6, 6.07) is 11.2. The van der Waals surface area contributed by atoms with Gasteiger partial charge in [0.15, 0.2) is 0 Å². The Morgan fingerprint density at radius 3 is 2.71 bits per heavy atom. The van der Waals surface area contributed by atoms with Crippen LogP contribution < -0.4 is 5.73 Å². The van der Waals surface area contributed by atoms with E-state index in [1.54, 1.807) is 0 Å². The maximum atomic E-state index is 6.07. The van der Waals surface area contributed by atoms with Gasteiger partial charge >= 0.3 is 0 Å². The highest BCUT2D eigenvalue weighted by Crippen LogP contribution is 2.34. The van der Waals surface area contributed by atoms with Crippen LogP contribution >= 0.6 is 0 Å². The van der Waals surface area contributed by atoms with Gasteiger partial charge in [-0.25, -0.2) is 4.68 Å². The summed E-state index contributed by atoms with van der Waals surface area (Å²) in [5.74, 6) is 0. The fourth-order valence-electron chi connectivity index (χ4n) is 2.95. The topological polar surface area (TPSA) is 47.1 Å². The van der Waals surface area contributed by atoms with Crippen molar-refractivity contribution in [3.8, 4) is 5.69 Å². The van der Waals surface area contributed by atoms with Crippen LogP contribution in [-0.4, -0.2) is 33.8 Å². The van der Waals surface area contributed by atoms with E-state index in [1.165, 1.54) is 24.8 Å². The van der Waals surface area contributed by atoms with Crippen molar-refractivity contribution in [2.24, 2.45) is 5.73 Å². The van der Waals surface area contributed by atoms with Crippen molar-refractivity contribution in [3.05, 3.63) is 48.3 Å². The van der Waals surface area contributed by atoms with Crippen LogP contribution in [-0.2, 0) is 0 Å². The second-order valence-corrected chi connectivity index (χ2v) is 5.77. The Labute approximate surface area is 126 Å². The molecule has 1 fully saturated rings. The van der Waals surface area contributed by atoms with E-state index in [4.69, 9.17) is 5.73 Å². The molecule has 1 aromatic heterocycles. The Hall–Kier alpha value is -1.65. The number of rotatable bonds is 7. The third kappa shape index (κ3) is 3.17. The molecule has 0 amide bonds. The molecule has 21 heavy (non-hydrogen) atoms. The van der Waals surface area contributed by atoms with Crippen LogP contribution in [0, 0.1) is 0 Å². The largest absolute Gasteiger partial charge is 0.329 e. The lowest BCUT2D eigenvalue weighted by molar-refractivity contribution is 0.191. The van der Waals surface area contributed by atoms with Crippen molar-refractivity contribution in [1.82, 2.24) is 14.7 Å². The fourth-order valence-corrected chi connectivity index (χ4v) is 2.95. The van der Waals surface area contributed by atoms with Gasteiger partial charge in [0.1, 0.15) is 0 Å². The molecular weight excluding hydrogens is 260 g/mol. The maximum Gasteiger partial charge on any atom is 0.0645 e. The van der Waals surface area contributed by atoms with E-state index >= 15 is 0 Å². The minimum absolute atomic E-state index is 0.287. The van der Waals surface area contributed by atoms with Crippen molar-refractivity contribution in [3.63, 3.8) is 0 Å². The summed E-state index contributed by atoms with van der Waals surface area (Å²) in [7, 11) is 0. The molecule has 0 aliphatic heterocycles. The average molecular weight is 284 g/mol. The lowest BCUT2D eigenvalue weighted by Crippen LogP contribution is -2.36. The van der Waals surface area contributed by atoms with Gasteiger partial charge in [-0.05, 0) is 37.9 Å². The number of nitrogens with two attached hydrogens (primary N) is 1. The number of benzene rings is 1. The van der Waals surface area contributed by atoms with E-state index < -0.39 is 0 Å². The molecule has 1 unspecified atom stereocenters. The van der Waals surface area contributed by atoms with E-state index in [1.807, 2.05) is 29.1 Å². The first-order valence-corrected chi connectivity index (χ1v) is 7.89.